The molecular formula is C16H34N2O2. The Morgan fingerprint density at radius 1 is 1.15 bits per heavy atom. The highest BCUT2D eigenvalue weighted by atomic mass is 16.5. The van der Waals surface area contributed by atoms with Gasteiger partial charge in [-0.3, -0.25) is 4.90 Å². The van der Waals surface area contributed by atoms with Gasteiger partial charge in [0, 0.05) is 46.0 Å². The van der Waals surface area contributed by atoms with Gasteiger partial charge in [0.1, 0.15) is 0 Å². The molecule has 0 aliphatic heterocycles. The van der Waals surface area contributed by atoms with Crippen molar-refractivity contribution in [3.05, 3.63) is 0 Å². The highest BCUT2D eigenvalue weighted by molar-refractivity contribution is 4.99. The maximum atomic E-state index is 6.24. The lowest BCUT2D eigenvalue weighted by atomic mass is 9.69. The molecule has 0 spiro atoms. The molecule has 1 saturated carbocycles. The van der Waals surface area contributed by atoms with Crippen LogP contribution in [0, 0.1) is 11.8 Å². The average molecular weight is 286 g/mol. The summed E-state index contributed by atoms with van der Waals surface area (Å²) in [5.74, 6) is 1.48. The SMILES string of the molecule is COCCCN(CCOC)C1(CN)CCC(C)CC1C. The zero-order valence-electron chi connectivity index (χ0n) is 13.9. The van der Waals surface area contributed by atoms with Crippen LogP contribution in [-0.4, -0.2) is 57.5 Å². The topological polar surface area (TPSA) is 47.7 Å². The summed E-state index contributed by atoms with van der Waals surface area (Å²) in [6.07, 6.45) is 4.84. The van der Waals surface area contributed by atoms with Crippen molar-refractivity contribution in [3.63, 3.8) is 0 Å². The minimum atomic E-state index is 0.152. The third-order valence-electron chi connectivity index (χ3n) is 5.07. The molecule has 0 aromatic rings. The quantitative estimate of drug-likeness (QED) is 0.660. The minimum Gasteiger partial charge on any atom is -0.385 e. The molecule has 120 valence electrons. The lowest BCUT2D eigenvalue weighted by Crippen LogP contribution is -2.61. The van der Waals surface area contributed by atoms with Crippen molar-refractivity contribution in [1.29, 1.82) is 0 Å². The summed E-state index contributed by atoms with van der Waals surface area (Å²) in [5, 5.41) is 0. The molecule has 4 heteroatoms. The second-order valence-corrected chi connectivity index (χ2v) is 6.41. The van der Waals surface area contributed by atoms with E-state index in [4.69, 9.17) is 15.2 Å². The number of nitrogens with zero attached hydrogens (tertiary/aromatic N) is 1. The van der Waals surface area contributed by atoms with Crippen LogP contribution in [0.3, 0.4) is 0 Å². The zero-order valence-corrected chi connectivity index (χ0v) is 13.9. The highest BCUT2D eigenvalue weighted by Gasteiger charge is 2.43. The molecule has 3 unspecified atom stereocenters. The number of methoxy groups -OCH3 is 2. The fourth-order valence-corrected chi connectivity index (χ4v) is 3.74. The van der Waals surface area contributed by atoms with Gasteiger partial charge >= 0.3 is 0 Å². The van der Waals surface area contributed by atoms with Gasteiger partial charge in [-0.2, -0.15) is 0 Å². The maximum Gasteiger partial charge on any atom is 0.0589 e. The molecule has 1 aliphatic carbocycles. The first-order valence-electron chi connectivity index (χ1n) is 8.03. The first-order valence-corrected chi connectivity index (χ1v) is 8.03. The first-order chi connectivity index (χ1) is 9.60. The summed E-state index contributed by atoms with van der Waals surface area (Å²) in [6, 6.07) is 0. The fourth-order valence-electron chi connectivity index (χ4n) is 3.74. The van der Waals surface area contributed by atoms with Crippen LogP contribution in [0.5, 0.6) is 0 Å². The van der Waals surface area contributed by atoms with E-state index in [-0.39, 0.29) is 5.54 Å². The summed E-state index contributed by atoms with van der Waals surface area (Å²) in [5.41, 5.74) is 6.39. The Balaban J connectivity index is 2.76. The Labute approximate surface area is 125 Å². The third kappa shape index (κ3) is 4.42. The van der Waals surface area contributed by atoms with E-state index in [9.17, 15) is 0 Å². The lowest BCUT2D eigenvalue weighted by molar-refractivity contribution is -0.0173. The molecule has 1 rings (SSSR count). The number of hydrogen-bond acceptors (Lipinski definition) is 4. The van der Waals surface area contributed by atoms with Crippen molar-refractivity contribution in [2.45, 2.75) is 45.1 Å². The minimum absolute atomic E-state index is 0.152. The number of hydrogen-bond donors (Lipinski definition) is 1. The molecular weight excluding hydrogens is 252 g/mol. The number of rotatable bonds is 9. The van der Waals surface area contributed by atoms with Crippen LogP contribution in [0.1, 0.15) is 39.5 Å². The molecule has 0 radical (unpaired) electrons. The molecule has 4 nitrogen and oxygen atoms in total. The largest absolute Gasteiger partial charge is 0.385 e. The zero-order chi connectivity index (χ0) is 15.0. The van der Waals surface area contributed by atoms with E-state index in [1.54, 1.807) is 14.2 Å². The molecule has 2 N–H and O–H groups in total. The lowest BCUT2D eigenvalue weighted by Gasteiger charge is -2.51. The van der Waals surface area contributed by atoms with Crippen LogP contribution in [0.25, 0.3) is 0 Å². The van der Waals surface area contributed by atoms with Crippen LogP contribution in [0.4, 0.5) is 0 Å². The summed E-state index contributed by atoms with van der Waals surface area (Å²) in [6.45, 7) is 9.09. The van der Waals surface area contributed by atoms with Crippen molar-refractivity contribution in [1.82, 2.24) is 4.90 Å². The van der Waals surface area contributed by atoms with E-state index in [1.807, 2.05) is 0 Å². The third-order valence-corrected chi connectivity index (χ3v) is 5.07. The van der Waals surface area contributed by atoms with E-state index in [1.165, 1.54) is 19.3 Å². The summed E-state index contributed by atoms with van der Waals surface area (Å²) in [4.78, 5) is 2.58. The van der Waals surface area contributed by atoms with Crippen LogP contribution in [0.15, 0.2) is 0 Å². The van der Waals surface area contributed by atoms with Gasteiger partial charge < -0.3 is 15.2 Å². The van der Waals surface area contributed by atoms with Crippen molar-refractivity contribution in [2.75, 3.05) is 47.1 Å². The van der Waals surface area contributed by atoms with Gasteiger partial charge in [0.2, 0.25) is 0 Å². The van der Waals surface area contributed by atoms with Gasteiger partial charge in [-0.25, -0.2) is 0 Å². The van der Waals surface area contributed by atoms with Gasteiger partial charge in [-0.1, -0.05) is 13.8 Å². The Bertz CT molecular complexity index is 263. The second-order valence-electron chi connectivity index (χ2n) is 6.41. The first kappa shape index (κ1) is 17.9. The molecule has 0 aromatic carbocycles. The normalized spacial score (nSPS) is 30.9. The van der Waals surface area contributed by atoms with E-state index >= 15 is 0 Å². The maximum absolute atomic E-state index is 6.24. The Morgan fingerprint density at radius 2 is 1.85 bits per heavy atom. The molecule has 0 saturated heterocycles. The predicted octanol–water partition coefficient (Wildman–Crippen LogP) is 2.12. The second kappa shape index (κ2) is 8.98. The van der Waals surface area contributed by atoms with Crippen LogP contribution in [-0.2, 0) is 9.47 Å². The molecule has 0 amide bonds. The average Bonchev–Trinajstić information content (AvgIpc) is 2.44. The van der Waals surface area contributed by atoms with Gasteiger partial charge in [0.25, 0.3) is 0 Å². The van der Waals surface area contributed by atoms with Crippen molar-refractivity contribution >= 4 is 0 Å². The van der Waals surface area contributed by atoms with Crippen molar-refractivity contribution < 1.29 is 9.47 Å². The van der Waals surface area contributed by atoms with Crippen LogP contribution < -0.4 is 5.73 Å². The predicted molar refractivity (Wildman–Crippen MR) is 83.9 cm³/mol. The van der Waals surface area contributed by atoms with E-state index < -0.39 is 0 Å². The molecule has 20 heavy (non-hydrogen) atoms. The molecule has 0 heterocycles. The molecule has 1 fully saturated rings. The molecule has 1 aliphatic rings. The molecule has 0 bridgehead atoms. The van der Waals surface area contributed by atoms with Gasteiger partial charge in [0.05, 0.1) is 6.61 Å². The monoisotopic (exact) mass is 286 g/mol. The van der Waals surface area contributed by atoms with Crippen molar-refractivity contribution in [2.24, 2.45) is 17.6 Å². The Morgan fingerprint density at radius 3 is 2.40 bits per heavy atom. The smallest absolute Gasteiger partial charge is 0.0589 e. The number of nitrogens with two attached hydrogens (primary N) is 1. The number of ether oxygens (including phenoxy) is 2. The van der Waals surface area contributed by atoms with Gasteiger partial charge in [0.15, 0.2) is 0 Å². The van der Waals surface area contributed by atoms with Crippen LogP contribution >= 0.6 is 0 Å². The van der Waals surface area contributed by atoms with Crippen LogP contribution in [0.2, 0.25) is 0 Å². The van der Waals surface area contributed by atoms with Crippen molar-refractivity contribution in [3.8, 4) is 0 Å². The van der Waals surface area contributed by atoms with Gasteiger partial charge in [-0.15, -0.1) is 0 Å². The highest BCUT2D eigenvalue weighted by Crippen LogP contribution is 2.40. The molecule has 0 aromatic heterocycles. The van der Waals surface area contributed by atoms with E-state index in [0.29, 0.717) is 5.92 Å². The summed E-state index contributed by atoms with van der Waals surface area (Å²) >= 11 is 0. The fraction of sp³-hybridized carbons (Fsp3) is 1.00. The van der Waals surface area contributed by atoms with E-state index in [0.717, 1.165) is 45.2 Å². The summed E-state index contributed by atoms with van der Waals surface area (Å²) < 4.78 is 10.5. The summed E-state index contributed by atoms with van der Waals surface area (Å²) in [7, 11) is 3.54. The Kier molecular flexibility index (Phi) is 8.03. The van der Waals surface area contributed by atoms with Gasteiger partial charge in [-0.05, 0) is 37.5 Å². The standard InChI is InChI=1S/C16H34N2O2/c1-14-6-7-16(13-17,15(2)12-14)18(9-11-20-4)8-5-10-19-3/h14-15H,5-13,17H2,1-4H3. The van der Waals surface area contributed by atoms with E-state index in [2.05, 4.69) is 18.7 Å². The Hall–Kier alpha value is -0.160. The molecule has 3 atom stereocenters.